The highest BCUT2D eigenvalue weighted by atomic mass is 31.2. The van der Waals surface area contributed by atoms with Crippen molar-refractivity contribution in [1.29, 1.82) is 0 Å². The minimum Gasteiger partial charge on any atom is -0.320 e. The Kier molecular flexibility index (Phi) is 5.20. The van der Waals surface area contributed by atoms with Gasteiger partial charge in [-0.3, -0.25) is 9.36 Å². The van der Waals surface area contributed by atoms with Crippen LogP contribution in [0, 0.1) is 20.8 Å². The second-order valence-electron chi connectivity index (χ2n) is 5.66. The molecule has 0 N–H and O–H groups in total. The van der Waals surface area contributed by atoms with Gasteiger partial charge in [-0.15, -0.1) is 0 Å². The molecule has 1 aliphatic carbocycles. The third kappa shape index (κ3) is 3.16. The average molecular weight is 318 g/mol. The Morgan fingerprint density at radius 3 is 2.32 bits per heavy atom. The maximum absolute atomic E-state index is 13.4. The zero-order valence-corrected chi connectivity index (χ0v) is 14.6. The van der Waals surface area contributed by atoms with Gasteiger partial charge in [0.1, 0.15) is 0 Å². The van der Waals surface area contributed by atoms with Crippen LogP contribution in [0.2, 0.25) is 0 Å². The van der Waals surface area contributed by atoms with Crippen LogP contribution < -0.4 is 0 Å². The number of carbonyl (C=O) groups excluding carboxylic acids is 1. The third-order valence-electron chi connectivity index (χ3n) is 3.78. The lowest BCUT2D eigenvalue weighted by Crippen LogP contribution is -2.10. The SMILES string of the molecule is CCOP(=O)(C(=O)c1c(C)cc(C)cc1C)C1=CCCC=C1. The van der Waals surface area contributed by atoms with E-state index >= 15 is 0 Å². The molecule has 0 aliphatic heterocycles. The maximum Gasteiger partial charge on any atom is 0.300 e. The molecule has 0 radical (unpaired) electrons. The molecule has 118 valence electrons. The number of carbonyl (C=O) groups is 1. The summed E-state index contributed by atoms with van der Waals surface area (Å²) < 4.78 is 18.9. The molecule has 0 spiro atoms. The van der Waals surface area contributed by atoms with E-state index in [1.54, 1.807) is 13.0 Å². The molecule has 2 rings (SSSR count). The molecule has 1 aliphatic rings. The fourth-order valence-corrected chi connectivity index (χ4v) is 5.10. The second-order valence-corrected chi connectivity index (χ2v) is 7.94. The van der Waals surface area contributed by atoms with Crippen molar-refractivity contribution in [3.63, 3.8) is 0 Å². The Hall–Kier alpha value is -1.44. The van der Waals surface area contributed by atoms with Crippen molar-refractivity contribution in [3.8, 4) is 0 Å². The molecule has 22 heavy (non-hydrogen) atoms. The molecule has 1 aromatic rings. The van der Waals surface area contributed by atoms with Gasteiger partial charge in [-0.25, -0.2) is 0 Å². The summed E-state index contributed by atoms with van der Waals surface area (Å²) in [7, 11) is -3.54. The first kappa shape index (κ1) is 16.9. The van der Waals surface area contributed by atoms with E-state index in [-0.39, 0.29) is 12.1 Å². The number of aryl methyl sites for hydroxylation is 3. The van der Waals surface area contributed by atoms with Gasteiger partial charge in [-0.1, -0.05) is 35.9 Å². The van der Waals surface area contributed by atoms with Gasteiger partial charge in [0.2, 0.25) is 0 Å². The first-order chi connectivity index (χ1) is 10.4. The van der Waals surface area contributed by atoms with Gasteiger partial charge in [-0.05, 0) is 51.7 Å². The van der Waals surface area contributed by atoms with Gasteiger partial charge < -0.3 is 4.52 Å². The molecule has 0 saturated heterocycles. The van der Waals surface area contributed by atoms with Crippen molar-refractivity contribution in [2.24, 2.45) is 0 Å². The standard InChI is InChI=1S/C18H23O3P/c1-5-21-22(20,16-9-7-6-8-10-16)18(19)17-14(3)11-13(2)12-15(17)4/h7,9-12H,5-6,8H2,1-4H3. The molecular weight excluding hydrogens is 295 g/mol. The molecule has 3 nitrogen and oxygen atoms in total. The lowest BCUT2D eigenvalue weighted by atomic mass is 10.0. The van der Waals surface area contributed by atoms with E-state index in [1.807, 2.05) is 45.1 Å². The fraction of sp³-hybridized carbons (Fsp3) is 0.389. The highest BCUT2D eigenvalue weighted by molar-refractivity contribution is 7.80. The molecule has 0 bridgehead atoms. The highest BCUT2D eigenvalue weighted by Gasteiger charge is 2.38. The molecule has 0 aromatic heterocycles. The summed E-state index contributed by atoms with van der Waals surface area (Å²) in [5.41, 5.74) is 2.93. The van der Waals surface area contributed by atoms with Crippen LogP contribution in [-0.4, -0.2) is 12.1 Å². The second kappa shape index (κ2) is 6.76. The van der Waals surface area contributed by atoms with E-state index in [0.29, 0.717) is 10.9 Å². The van der Waals surface area contributed by atoms with Gasteiger partial charge in [-0.2, -0.15) is 0 Å². The molecule has 0 amide bonds. The predicted molar refractivity (Wildman–Crippen MR) is 90.7 cm³/mol. The zero-order chi connectivity index (χ0) is 16.3. The predicted octanol–water partition coefficient (Wildman–Crippen LogP) is 5.30. The fourth-order valence-electron chi connectivity index (χ4n) is 2.91. The Bertz CT molecular complexity index is 675. The Balaban J connectivity index is 2.54. The smallest absolute Gasteiger partial charge is 0.300 e. The molecule has 0 fully saturated rings. The van der Waals surface area contributed by atoms with E-state index in [0.717, 1.165) is 29.5 Å². The van der Waals surface area contributed by atoms with Crippen LogP contribution in [0.1, 0.15) is 46.8 Å². The Labute approximate surface area is 132 Å². The van der Waals surface area contributed by atoms with E-state index in [9.17, 15) is 9.36 Å². The lowest BCUT2D eigenvalue weighted by Gasteiger charge is -2.21. The van der Waals surface area contributed by atoms with Crippen molar-refractivity contribution in [1.82, 2.24) is 0 Å². The number of rotatable bonds is 5. The monoisotopic (exact) mass is 318 g/mol. The van der Waals surface area contributed by atoms with Crippen LogP contribution in [0.15, 0.2) is 35.7 Å². The number of hydrogen-bond acceptors (Lipinski definition) is 3. The summed E-state index contributed by atoms with van der Waals surface area (Å²) in [6, 6.07) is 3.89. The number of hydrogen-bond donors (Lipinski definition) is 0. The molecule has 1 atom stereocenters. The van der Waals surface area contributed by atoms with Crippen LogP contribution in [0.25, 0.3) is 0 Å². The van der Waals surface area contributed by atoms with Gasteiger partial charge in [0.15, 0.2) is 0 Å². The summed E-state index contributed by atoms with van der Waals surface area (Å²) in [5, 5.41) is 0.532. The molecule has 0 saturated carbocycles. The minimum absolute atomic E-state index is 0.248. The minimum atomic E-state index is -3.54. The van der Waals surface area contributed by atoms with E-state index in [1.165, 1.54) is 0 Å². The number of allylic oxidation sites excluding steroid dienone is 4. The molecule has 1 aromatic carbocycles. The third-order valence-corrected chi connectivity index (χ3v) is 6.18. The summed E-state index contributed by atoms with van der Waals surface area (Å²) >= 11 is 0. The summed E-state index contributed by atoms with van der Waals surface area (Å²) in [5.74, 6) is 0. The van der Waals surface area contributed by atoms with Crippen molar-refractivity contribution < 1.29 is 13.9 Å². The van der Waals surface area contributed by atoms with Crippen molar-refractivity contribution >= 4 is 12.9 Å². The van der Waals surface area contributed by atoms with Crippen molar-refractivity contribution in [3.05, 3.63) is 57.9 Å². The molecular formula is C18H23O3P. The first-order valence-electron chi connectivity index (χ1n) is 7.64. The van der Waals surface area contributed by atoms with E-state index in [2.05, 4.69) is 0 Å². The lowest BCUT2D eigenvalue weighted by molar-refractivity contribution is 0.105. The Morgan fingerprint density at radius 1 is 1.18 bits per heavy atom. The Morgan fingerprint density at radius 2 is 1.82 bits per heavy atom. The van der Waals surface area contributed by atoms with Gasteiger partial charge >= 0.3 is 0 Å². The average Bonchev–Trinajstić information content (AvgIpc) is 2.47. The zero-order valence-electron chi connectivity index (χ0n) is 13.7. The number of benzene rings is 1. The summed E-state index contributed by atoms with van der Waals surface area (Å²) in [6.07, 6.45) is 7.29. The van der Waals surface area contributed by atoms with Crippen LogP contribution in [0.5, 0.6) is 0 Å². The van der Waals surface area contributed by atoms with Gasteiger partial charge in [0, 0.05) is 10.9 Å². The quantitative estimate of drug-likeness (QED) is 0.692. The largest absolute Gasteiger partial charge is 0.320 e. The van der Waals surface area contributed by atoms with Crippen LogP contribution in [0.4, 0.5) is 0 Å². The van der Waals surface area contributed by atoms with Crippen LogP contribution >= 0.6 is 7.37 Å². The van der Waals surface area contributed by atoms with E-state index < -0.39 is 7.37 Å². The first-order valence-corrected chi connectivity index (χ1v) is 9.27. The molecule has 4 heteroatoms. The highest BCUT2D eigenvalue weighted by Crippen LogP contribution is 2.59. The molecule has 1 unspecified atom stereocenters. The summed E-state index contributed by atoms with van der Waals surface area (Å²) in [6.45, 7) is 7.77. The van der Waals surface area contributed by atoms with E-state index in [4.69, 9.17) is 4.52 Å². The van der Waals surface area contributed by atoms with Gasteiger partial charge in [0.25, 0.3) is 12.9 Å². The summed E-state index contributed by atoms with van der Waals surface area (Å²) in [4.78, 5) is 13.0. The van der Waals surface area contributed by atoms with Crippen molar-refractivity contribution in [2.75, 3.05) is 6.61 Å². The maximum atomic E-state index is 13.4. The van der Waals surface area contributed by atoms with Crippen LogP contribution in [0.3, 0.4) is 0 Å². The van der Waals surface area contributed by atoms with Crippen molar-refractivity contribution in [2.45, 2.75) is 40.5 Å². The van der Waals surface area contributed by atoms with Gasteiger partial charge in [0.05, 0.1) is 6.61 Å². The van der Waals surface area contributed by atoms with Crippen LogP contribution in [-0.2, 0) is 9.09 Å². The topological polar surface area (TPSA) is 43.4 Å². The molecule has 0 heterocycles. The normalized spacial score (nSPS) is 17.0.